The van der Waals surface area contributed by atoms with Crippen LogP contribution in [0.4, 0.5) is 10.1 Å². The molecule has 2 aromatic rings. The molecule has 2 rings (SSSR count). The molecule has 0 unspecified atom stereocenters. The molecule has 2 N–H and O–H groups in total. The Balaban J connectivity index is 2.11. The van der Waals surface area contributed by atoms with Crippen molar-refractivity contribution in [1.82, 2.24) is 9.78 Å². The number of aliphatic hydroxyl groups is 1. The van der Waals surface area contributed by atoms with Crippen molar-refractivity contribution >= 4 is 17.4 Å². The minimum absolute atomic E-state index is 0.0657. The van der Waals surface area contributed by atoms with Crippen LogP contribution in [-0.4, -0.2) is 27.7 Å². The van der Waals surface area contributed by atoms with Crippen molar-refractivity contribution in [3.63, 3.8) is 0 Å². The van der Waals surface area contributed by atoms with Crippen molar-refractivity contribution < 1.29 is 9.50 Å². The van der Waals surface area contributed by atoms with Gasteiger partial charge in [-0.25, -0.2) is 4.39 Å². The molecular formula is C15H20FN3OS. The van der Waals surface area contributed by atoms with E-state index in [9.17, 15) is 4.39 Å². The van der Waals surface area contributed by atoms with Crippen LogP contribution in [0.3, 0.4) is 0 Å². The first-order chi connectivity index (χ1) is 10.1. The number of nitrogens with zero attached hydrogens (tertiary/aromatic N) is 2. The highest BCUT2D eigenvalue weighted by Gasteiger charge is 2.11. The Hall–Kier alpha value is -1.53. The van der Waals surface area contributed by atoms with Crippen molar-refractivity contribution in [3.05, 3.63) is 41.0 Å². The Morgan fingerprint density at radius 3 is 2.76 bits per heavy atom. The predicted molar refractivity (Wildman–Crippen MR) is 84.3 cm³/mol. The van der Waals surface area contributed by atoms with E-state index in [1.807, 2.05) is 26.2 Å². The van der Waals surface area contributed by atoms with Gasteiger partial charge in [0, 0.05) is 28.4 Å². The zero-order valence-corrected chi connectivity index (χ0v) is 13.3. The fraction of sp³-hybridized carbons (Fsp3) is 0.400. The van der Waals surface area contributed by atoms with Gasteiger partial charge in [-0.3, -0.25) is 4.68 Å². The van der Waals surface area contributed by atoms with E-state index < -0.39 is 0 Å². The molecule has 6 heteroatoms. The molecule has 4 nitrogen and oxygen atoms in total. The van der Waals surface area contributed by atoms with Gasteiger partial charge in [-0.15, -0.1) is 11.8 Å². The fourth-order valence-electron chi connectivity index (χ4n) is 2.27. The van der Waals surface area contributed by atoms with Crippen LogP contribution in [0.25, 0.3) is 0 Å². The van der Waals surface area contributed by atoms with Crippen LogP contribution in [0, 0.1) is 19.7 Å². The Morgan fingerprint density at radius 2 is 2.14 bits per heavy atom. The Morgan fingerprint density at radius 1 is 1.38 bits per heavy atom. The third-order valence-corrected chi connectivity index (χ3v) is 4.24. The molecule has 1 heterocycles. The average molecular weight is 309 g/mol. The number of anilines is 1. The Labute approximate surface area is 128 Å². The molecule has 0 aliphatic carbocycles. The van der Waals surface area contributed by atoms with Crippen LogP contribution in [0.15, 0.2) is 23.1 Å². The summed E-state index contributed by atoms with van der Waals surface area (Å²) >= 11 is 1.39. The molecule has 0 fully saturated rings. The molecule has 0 aliphatic heterocycles. The van der Waals surface area contributed by atoms with Gasteiger partial charge in [-0.1, -0.05) is 0 Å². The summed E-state index contributed by atoms with van der Waals surface area (Å²) in [4.78, 5) is 0.642. The van der Waals surface area contributed by atoms with E-state index in [2.05, 4.69) is 10.4 Å². The van der Waals surface area contributed by atoms with Crippen LogP contribution in [0.2, 0.25) is 0 Å². The number of benzene rings is 1. The predicted octanol–water partition coefficient (Wildman–Crippen LogP) is 2.97. The average Bonchev–Trinajstić information content (AvgIpc) is 2.72. The monoisotopic (exact) mass is 309 g/mol. The van der Waals surface area contributed by atoms with E-state index in [-0.39, 0.29) is 12.4 Å². The highest BCUT2D eigenvalue weighted by atomic mass is 32.2. The zero-order chi connectivity index (χ0) is 15.4. The first-order valence-electron chi connectivity index (χ1n) is 6.78. The van der Waals surface area contributed by atoms with E-state index in [1.165, 1.54) is 17.8 Å². The molecule has 21 heavy (non-hydrogen) atoms. The smallest absolute Gasteiger partial charge is 0.138 e. The molecule has 1 aromatic carbocycles. The van der Waals surface area contributed by atoms with Crippen molar-refractivity contribution in [2.24, 2.45) is 0 Å². The summed E-state index contributed by atoms with van der Waals surface area (Å²) in [7, 11) is 0. The molecule has 0 atom stereocenters. The van der Waals surface area contributed by atoms with E-state index in [0.29, 0.717) is 18.0 Å². The normalized spacial score (nSPS) is 10.9. The number of rotatable bonds is 6. The summed E-state index contributed by atoms with van der Waals surface area (Å²) < 4.78 is 15.5. The van der Waals surface area contributed by atoms with E-state index in [0.717, 1.165) is 22.6 Å². The van der Waals surface area contributed by atoms with Gasteiger partial charge in [0.05, 0.1) is 18.8 Å². The molecule has 0 spiro atoms. The van der Waals surface area contributed by atoms with Crippen LogP contribution < -0.4 is 5.32 Å². The third kappa shape index (κ3) is 3.57. The summed E-state index contributed by atoms with van der Waals surface area (Å²) in [6.45, 7) is 5.06. The largest absolute Gasteiger partial charge is 0.394 e. The van der Waals surface area contributed by atoms with E-state index >= 15 is 0 Å². The van der Waals surface area contributed by atoms with Crippen molar-refractivity contribution in [2.75, 3.05) is 18.2 Å². The standard InChI is InChI=1S/C15H20FN3OS/c1-10-13(11(2)19(18-10)6-7-20)9-17-12-4-5-15(21-3)14(16)8-12/h4-5,8,17,20H,6-7,9H2,1-3H3. The van der Waals surface area contributed by atoms with Crippen molar-refractivity contribution in [2.45, 2.75) is 31.8 Å². The first-order valence-corrected chi connectivity index (χ1v) is 8.00. The lowest BCUT2D eigenvalue weighted by atomic mass is 10.2. The molecule has 1 aromatic heterocycles. The Bertz CT molecular complexity index is 628. The number of aliphatic hydroxyl groups excluding tert-OH is 1. The number of hydrogen-bond acceptors (Lipinski definition) is 4. The zero-order valence-electron chi connectivity index (χ0n) is 12.5. The van der Waals surface area contributed by atoms with Gasteiger partial charge in [0.2, 0.25) is 0 Å². The molecule has 0 saturated carbocycles. The number of halogens is 1. The van der Waals surface area contributed by atoms with Crippen LogP contribution in [0.5, 0.6) is 0 Å². The summed E-state index contributed by atoms with van der Waals surface area (Å²) in [6, 6.07) is 5.16. The second-order valence-electron chi connectivity index (χ2n) is 4.80. The van der Waals surface area contributed by atoms with Crippen molar-refractivity contribution in [3.8, 4) is 0 Å². The Kier molecular flexibility index (Phi) is 5.25. The minimum atomic E-state index is -0.211. The lowest BCUT2D eigenvalue weighted by molar-refractivity contribution is 0.268. The van der Waals surface area contributed by atoms with Gasteiger partial charge < -0.3 is 10.4 Å². The molecule has 0 bridgehead atoms. The van der Waals surface area contributed by atoms with Crippen molar-refractivity contribution in [1.29, 1.82) is 0 Å². The van der Waals surface area contributed by atoms with E-state index in [1.54, 1.807) is 10.7 Å². The molecule has 114 valence electrons. The van der Waals surface area contributed by atoms with Gasteiger partial charge in [0.15, 0.2) is 0 Å². The van der Waals surface area contributed by atoms with Crippen LogP contribution in [-0.2, 0) is 13.1 Å². The lowest BCUT2D eigenvalue weighted by Gasteiger charge is -2.09. The summed E-state index contributed by atoms with van der Waals surface area (Å²) in [6.07, 6.45) is 1.85. The molecule has 0 aliphatic rings. The minimum Gasteiger partial charge on any atom is -0.394 e. The quantitative estimate of drug-likeness (QED) is 0.806. The summed E-state index contributed by atoms with van der Waals surface area (Å²) in [5.74, 6) is -0.211. The van der Waals surface area contributed by atoms with E-state index in [4.69, 9.17) is 5.11 Å². The third-order valence-electron chi connectivity index (χ3n) is 3.46. The molecular weight excluding hydrogens is 289 g/mol. The summed E-state index contributed by atoms with van der Waals surface area (Å²) in [5.41, 5.74) is 3.78. The maximum Gasteiger partial charge on any atom is 0.138 e. The maximum absolute atomic E-state index is 13.7. The molecule has 0 amide bonds. The second-order valence-corrected chi connectivity index (χ2v) is 5.65. The van der Waals surface area contributed by atoms with Gasteiger partial charge in [0.1, 0.15) is 5.82 Å². The summed E-state index contributed by atoms with van der Waals surface area (Å²) in [5, 5.41) is 16.6. The number of aromatic nitrogens is 2. The number of nitrogens with one attached hydrogen (secondary N) is 1. The van der Waals surface area contributed by atoms with Gasteiger partial charge in [0.25, 0.3) is 0 Å². The topological polar surface area (TPSA) is 50.1 Å². The van der Waals surface area contributed by atoms with Crippen LogP contribution >= 0.6 is 11.8 Å². The highest BCUT2D eigenvalue weighted by Crippen LogP contribution is 2.23. The molecule has 0 saturated heterocycles. The SMILES string of the molecule is CSc1ccc(NCc2c(C)nn(CCO)c2C)cc1F. The van der Waals surface area contributed by atoms with Gasteiger partial charge in [-0.2, -0.15) is 5.10 Å². The second kappa shape index (κ2) is 6.95. The van der Waals surface area contributed by atoms with Gasteiger partial charge in [-0.05, 0) is 38.3 Å². The highest BCUT2D eigenvalue weighted by molar-refractivity contribution is 7.98. The number of thioether (sulfide) groups is 1. The van der Waals surface area contributed by atoms with Gasteiger partial charge >= 0.3 is 0 Å². The molecule has 0 radical (unpaired) electrons. The maximum atomic E-state index is 13.7. The van der Waals surface area contributed by atoms with Crippen LogP contribution in [0.1, 0.15) is 17.0 Å². The first kappa shape index (κ1) is 15.9. The number of hydrogen-bond donors (Lipinski definition) is 2. The number of aryl methyl sites for hydroxylation is 1. The fourth-order valence-corrected chi connectivity index (χ4v) is 2.73. The lowest BCUT2D eigenvalue weighted by Crippen LogP contribution is -2.07.